The van der Waals surface area contributed by atoms with Gasteiger partial charge in [-0.15, -0.1) is 0 Å². The number of nitrogens with one attached hydrogen (secondary N) is 1. The lowest BCUT2D eigenvalue weighted by molar-refractivity contribution is -0.121. The summed E-state index contributed by atoms with van der Waals surface area (Å²) >= 11 is 2.03. The fourth-order valence-corrected chi connectivity index (χ4v) is 3.13. The average Bonchev–Trinajstić information content (AvgIpc) is 2.63. The van der Waals surface area contributed by atoms with Gasteiger partial charge in [0.1, 0.15) is 0 Å². The summed E-state index contributed by atoms with van der Waals surface area (Å²) < 4.78 is 0. The predicted molar refractivity (Wildman–Crippen MR) is 67.2 cm³/mol. The Morgan fingerprint density at radius 1 is 1.40 bits per heavy atom. The van der Waals surface area contributed by atoms with E-state index in [1.165, 1.54) is 25.7 Å². The van der Waals surface area contributed by atoms with Crippen LogP contribution in [0.4, 0.5) is 0 Å². The molecule has 3 heteroatoms. The van der Waals surface area contributed by atoms with E-state index >= 15 is 0 Å². The maximum atomic E-state index is 11.3. The first kappa shape index (κ1) is 12.9. The largest absolute Gasteiger partial charge is 0.355 e. The van der Waals surface area contributed by atoms with Crippen LogP contribution in [0, 0.1) is 5.92 Å². The molecule has 1 aliphatic carbocycles. The van der Waals surface area contributed by atoms with Crippen molar-refractivity contribution in [2.75, 3.05) is 12.3 Å². The second-order valence-electron chi connectivity index (χ2n) is 4.73. The quantitative estimate of drug-likeness (QED) is 0.710. The molecule has 15 heavy (non-hydrogen) atoms. The molecule has 1 fully saturated rings. The van der Waals surface area contributed by atoms with E-state index in [-0.39, 0.29) is 5.91 Å². The molecule has 1 amide bonds. The Morgan fingerprint density at radius 2 is 2.07 bits per heavy atom. The Hall–Kier alpha value is -0.180. The van der Waals surface area contributed by atoms with E-state index in [2.05, 4.69) is 19.2 Å². The zero-order chi connectivity index (χ0) is 11.1. The molecular weight excluding hydrogens is 206 g/mol. The van der Waals surface area contributed by atoms with Crippen LogP contribution in [0.1, 0.15) is 46.0 Å². The predicted octanol–water partition coefficient (Wildman–Crippen LogP) is 2.82. The standard InChI is InChI=1S/C12H23NOS/c1-10(2)9-12(14)13-7-8-15-11-5-3-4-6-11/h10-11H,3-9H2,1-2H3,(H,13,14). The van der Waals surface area contributed by atoms with Crippen LogP contribution in [0.3, 0.4) is 0 Å². The van der Waals surface area contributed by atoms with Crippen LogP contribution in [0.2, 0.25) is 0 Å². The Balaban J connectivity index is 1.94. The molecule has 0 radical (unpaired) electrons. The van der Waals surface area contributed by atoms with Crippen molar-refractivity contribution >= 4 is 17.7 Å². The molecule has 1 saturated carbocycles. The fourth-order valence-electron chi connectivity index (χ4n) is 1.91. The lowest BCUT2D eigenvalue weighted by atomic mass is 10.1. The summed E-state index contributed by atoms with van der Waals surface area (Å²) in [6.07, 6.45) is 6.22. The Labute approximate surface area is 97.6 Å². The molecule has 0 aliphatic heterocycles. The van der Waals surface area contributed by atoms with Crippen molar-refractivity contribution < 1.29 is 4.79 Å². The highest BCUT2D eigenvalue weighted by molar-refractivity contribution is 7.99. The summed E-state index contributed by atoms with van der Waals surface area (Å²) in [7, 11) is 0. The van der Waals surface area contributed by atoms with Gasteiger partial charge in [0.15, 0.2) is 0 Å². The summed E-state index contributed by atoms with van der Waals surface area (Å²) in [6, 6.07) is 0. The number of amides is 1. The monoisotopic (exact) mass is 229 g/mol. The number of rotatable bonds is 6. The van der Waals surface area contributed by atoms with Gasteiger partial charge < -0.3 is 5.32 Å². The van der Waals surface area contributed by atoms with Crippen LogP contribution < -0.4 is 5.32 Å². The SMILES string of the molecule is CC(C)CC(=O)NCCSC1CCCC1. The molecule has 1 N–H and O–H groups in total. The summed E-state index contributed by atoms with van der Waals surface area (Å²) in [5.41, 5.74) is 0. The summed E-state index contributed by atoms with van der Waals surface area (Å²) in [6.45, 7) is 4.99. The van der Waals surface area contributed by atoms with Gasteiger partial charge in [-0.25, -0.2) is 0 Å². The molecule has 1 rings (SSSR count). The third-order valence-electron chi connectivity index (χ3n) is 2.67. The molecule has 0 unspecified atom stereocenters. The first-order valence-electron chi connectivity index (χ1n) is 6.07. The zero-order valence-electron chi connectivity index (χ0n) is 9.92. The lowest BCUT2D eigenvalue weighted by Crippen LogP contribution is -2.27. The first-order chi connectivity index (χ1) is 7.18. The summed E-state index contributed by atoms with van der Waals surface area (Å²) in [4.78, 5) is 11.3. The van der Waals surface area contributed by atoms with Crippen molar-refractivity contribution in [3.63, 3.8) is 0 Å². The maximum Gasteiger partial charge on any atom is 0.220 e. The van der Waals surface area contributed by atoms with Crippen LogP contribution in [-0.2, 0) is 4.79 Å². The van der Waals surface area contributed by atoms with Gasteiger partial charge in [-0.1, -0.05) is 26.7 Å². The third kappa shape index (κ3) is 6.08. The minimum absolute atomic E-state index is 0.206. The number of carbonyl (C=O) groups is 1. The minimum Gasteiger partial charge on any atom is -0.355 e. The average molecular weight is 229 g/mol. The molecule has 2 nitrogen and oxygen atoms in total. The second kappa shape index (κ2) is 7.15. The smallest absolute Gasteiger partial charge is 0.220 e. The minimum atomic E-state index is 0.206. The van der Waals surface area contributed by atoms with Crippen LogP contribution >= 0.6 is 11.8 Å². The van der Waals surface area contributed by atoms with E-state index in [0.717, 1.165) is 17.5 Å². The number of carbonyl (C=O) groups excluding carboxylic acids is 1. The number of thioether (sulfide) groups is 1. The van der Waals surface area contributed by atoms with Crippen LogP contribution in [0.15, 0.2) is 0 Å². The second-order valence-corrected chi connectivity index (χ2v) is 6.13. The third-order valence-corrected chi connectivity index (χ3v) is 4.06. The van der Waals surface area contributed by atoms with Gasteiger partial charge in [-0.2, -0.15) is 11.8 Å². The first-order valence-corrected chi connectivity index (χ1v) is 7.11. The highest BCUT2D eigenvalue weighted by atomic mass is 32.2. The Kier molecular flexibility index (Phi) is 6.15. The molecule has 0 aromatic carbocycles. The van der Waals surface area contributed by atoms with Gasteiger partial charge in [0, 0.05) is 24.0 Å². The van der Waals surface area contributed by atoms with Crippen molar-refractivity contribution in [1.82, 2.24) is 5.32 Å². The summed E-state index contributed by atoms with van der Waals surface area (Å²) in [5.74, 6) is 1.75. The van der Waals surface area contributed by atoms with Crippen LogP contribution in [0.25, 0.3) is 0 Å². The molecule has 0 saturated heterocycles. The van der Waals surface area contributed by atoms with E-state index in [1.807, 2.05) is 11.8 Å². The molecule has 0 aromatic rings. The Bertz CT molecular complexity index is 188. The van der Waals surface area contributed by atoms with Crippen molar-refractivity contribution in [3.05, 3.63) is 0 Å². The van der Waals surface area contributed by atoms with E-state index < -0.39 is 0 Å². The van der Waals surface area contributed by atoms with Gasteiger partial charge in [-0.3, -0.25) is 4.79 Å². The topological polar surface area (TPSA) is 29.1 Å². The van der Waals surface area contributed by atoms with Crippen LogP contribution in [-0.4, -0.2) is 23.5 Å². The van der Waals surface area contributed by atoms with Gasteiger partial charge in [0.05, 0.1) is 0 Å². The normalized spacial score (nSPS) is 17.3. The molecular formula is C12H23NOS. The van der Waals surface area contributed by atoms with Gasteiger partial charge in [0.2, 0.25) is 5.91 Å². The molecule has 0 aromatic heterocycles. The Morgan fingerprint density at radius 3 is 2.67 bits per heavy atom. The number of hydrogen-bond donors (Lipinski definition) is 1. The fraction of sp³-hybridized carbons (Fsp3) is 0.917. The molecule has 1 aliphatic rings. The molecule has 0 atom stereocenters. The van der Waals surface area contributed by atoms with Crippen molar-refractivity contribution in [3.8, 4) is 0 Å². The number of hydrogen-bond acceptors (Lipinski definition) is 2. The molecule has 0 heterocycles. The van der Waals surface area contributed by atoms with E-state index in [4.69, 9.17) is 0 Å². The van der Waals surface area contributed by atoms with Gasteiger partial charge >= 0.3 is 0 Å². The maximum absolute atomic E-state index is 11.3. The summed E-state index contributed by atoms with van der Waals surface area (Å²) in [5, 5.41) is 3.85. The van der Waals surface area contributed by atoms with Crippen LogP contribution in [0.5, 0.6) is 0 Å². The highest BCUT2D eigenvalue weighted by Gasteiger charge is 2.14. The molecule has 0 bridgehead atoms. The van der Waals surface area contributed by atoms with Gasteiger partial charge in [0.25, 0.3) is 0 Å². The molecule has 88 valence electrons. The van der Waals surface area contributed by atoms with Gasteiger partial charge in [-0.05, 0) is 18.8 Å². The lowest BCUT2D eigenvalue weighted by Gasteiger charge is -2.10. The highest BCUT2D eigenvalue weighted by Crippen LogP contribution is 2.28. The van der Waals surface area contributed by atoms with E-state index in [1.54, 1.807) is 0 Å². The van der Waals surface area contributed by atoms with E-state index in [0.29, 0.717) is 12.3 Å². The van der Waals surface area contributed by atoms with Crippen molar-refractivity contribution in [2.45, 2.75) is 51.2 Å². The zero-order valence-corrected chi connectivity index (χ0v) is 10.7. The van der Waals surface area contributed by atoms with E-state index in [9.17, 15) is 4.79 Å². The van der Waals surface area contributed by atoms with Crippen molar-refractivity contribution in [2.24, 2.45) is 5.92 Å². The van der Waals surface area contributed by atoms with Crippen molar-refractivity contribution in [1.29, 1.82) is 0 Å². The molecule has 0 spiro atoms.